The van der Waals surface area contributed by atoms with Crippen molar-refractivity contribution in [1.82, 2.24) is 19.9 Å². The fourth-order valence-corrected chi connectivity index (χ4v) is 3.78. The Hall–Kier alpha value is -2.81. The van der Waals surface area contributed by atoms with Gasteiger partial charge in [-0.25, -0.2) is 18.1 Å². The summed E-state index contributed by atoms with van der Waals surface area (Å²) in [5.41, 5.74) is 0.316. The Bertz CT molecular complexity index is 1160. The van der Waals surface area contributed by atoms with E-state index in [1.165, 1.54) is 12.3 Å². The van der Waals surface area contributed by atoms with Crippen molar-refractivity contribution in [2.75, 3.05) is 25.5 Å². The highest BCUT2D eigenvalue weighted by atomic mass is 79.9. The van der Waals surface area contributed by atoms with E-state index < -0.39 is 46.3 Å². The van der Waals surface area contributed by atoms with E-state index in [2.05, 4.69) is 45.3 Å². The Labute approximate surface area is 176 Å². The van der Waals surface area contributed by atoms with Crippen LogP contribution in [-0.2, 0) is 10.0 Å². The minimum absolute atomic E-state index is 0.142. The van der Waals surface area contributed by atoms with E-state index in [9.17, 15) is 21.6 Å². The monoisotopic (exact) mass is 511 g/mol. The van der Waals surface area contributed by atoms with Gasteiger partial charge in [-0.05, 0) is 28.1 Å². The third-order valence-corrected chi connectivity index (χ3v) is 5.36. The molecule has 3 heterocycles. The Morgan fingerprint density at radius 3 is 2.33 bits per heavy atom. The molecule has 162 valence electrons. The molecule has 0 saturated heterocycles. The van der Waals surface area contributed by atoms with Crippen LogP contribution in [0.25, 0.3) is 11.0 Å². The summed E-state index contributed by atoms with van der Waals surface area (Å²) < 4.78 is 80.1. The van der Waals surface area contributed by atoms with Crippen LogP contribution in [0.1, 0.15) is 0 Å². The van der Waals surface area contributed by atoms with Gasteiger partial charge >= 0.3 is 6.18 Å². The molecule has 0 radical (unpaired) electrons. The van der Waals surface area contributed by atoms with Gasteiger partial charge in [-0.3, -0.25) is 0 Å². The number of alkyl halides is 3. The topological polar surface area (TPSA) is 128 Å². The normalized spacial score (nSPS) is 12.1. The number of aromatic nitrogens is 4. The van der Waals surface area contributed by atoms with Crippen LogP contribution in [0.2, 0.25) is 0 Å². The molecule has 15 heteroatoms. The van der Waals surface area contributed by atoms with Crippen LogP contribution in [0.15, 0.2) is 27.8 Å². The van der Waals surface area contributed by atoms with Crippen molar-refractivity contribution < 1.29 is 35.8 Å². The number of sulfonamides is 1. The summed E-state index contributed by atoms with van der Waals surface area (Å²) in [5.74, 6) is -1.93. The second-order valence-corrected chi connectivity index (χ2v) is 8.05. The van der Waals surface area contributed by atoms with Gasteiger partial charge in [0.05, 0.1) is 14.2 Å². The molecule has 0 bridgehead atoms. The van der Waals surface area contributed by atoms with Gasteiger partial charge in [0.15, 0.2) is 6.61 Å². The first-order chi connectivity index (χ1) is 14.0. The fourth-order valence-electron chi connectivity index (χ4n) is 2.36. The average molecular weight is 512 g/mol. The van der Waals surface area contributed by atoms with Crippen molar-refractivity contribution in [3.05, 3.63) is 22.9 Å². The molecular weight excluding hydrogens is 499 g/mol. The van der Waals surface area contributed by atoms with E-state index in [1.807, 2.05) is 0 Å². The summed E-state index contributed by atoms with van der Waals surface area (Å²) in [7, 11) is -1.97. The molecule has 0 aliphatic rings. The molecule has 0 fully saturated rings. The minimum atomic E-state index is -4.63. The Morgan fingerprint density at radius 1 is 1.13 bits per heavy atom. The van der Waals surface area contributed by atoms with Crippen LogP contribution in [0, 0.1) is 0 Å². The first-order valence-electron chi connectivity index (χ1n) is 7.90. The minimum Gasteiger partial charge on any atom is -0.478 e. The van der Waals surface area contributed by atoms with Crippen LogP contribution in [0.5, 0.6) is 17.5 Å². The van der Waals surface area contributed by atoms with Crippen LogP contribution in [0.4, 0.5) is 19.1 Å². The Balaban J connectivity index is 1.97. The summed E-state index contributed by atoms with van der Waals surface area (Å²) in [5, 5.41) is 0.301. The van der Waals surface area contributed by atoms with Crippen molar-refractivity contribution in [1.29, 1.82) is 0 Å². The number of hydrogen-bond acceptors (Lipinski definition) is 8. The van der Waals surface area contributed by atoms with Gasteiger partial charge in [-0.15, -0.1) is 0 Å². The Morgan fingerprint density at radius 2 is 1.77 bits per heavy atom. The van der Waals surface area contributed by atoms with Gasteiger partial charge in [0, 0.05) is 11.6 Å². The predicted molar refractivity (Wildman–Crippen MR) is 101 cm³/mol. The quantitative estimate of drug-likeness (QED) is 0.463. The number of pyridine rings is 1. The number of hydrogen-bond donors (Lipinski definition) is 2. The zero-order valence-electron chi connectivity index (χ0n) is 15.2. The predicted octanol–water partition coefficient (Wildman–Crippen LogP) is 2.87. The maximum atomic E-state index is 12.8. The first kappa shape index (κ1) is 21.9. The number of nitrogens with one attached hydrogen (secondary N) is 2. The van der Waals surface area contributed by atoms with Crippen LogP contribution in [-0.4, -0.2) is 55.4 Å². The SMILES string of the molecule is COc1nc(NS(=O)(=O)c2c[nH]c3nc(Br)ccc23)nc(OC)c1OCC(F)(F)F. The molecule has 0 aromatic carbocycles. The largest absolute Gasteiger partial charge is 0.478 e. The van der Waals surface area contributed by atoms with E-state index in [0.29, 0.717) is 15.6 Å². The van der Waals surface area contributed by atoms with Crippen molar-refractivity contribution in [2.45, 2.75) is 11.1 Å². The molecule has 3 rings (SSSR count). The number of rotatable bonds is 7. The second kappa shape index (κ2) is 8.14. The maximum absolute atomic E-state index is 12.8. The number of fused-ring (bicyclic) bond motifs is 1. The summed E-state index contributed by atoms with van der Waals surface area (Å²) in [6.07, 6.45) is -3.41. The van der Waals surface area contributed by atoms with Crippen molar-refractivity contribution in [3.8, 4) is 17.5 Å². The molecule has 0 unspecified atom stereocenters. The molecule has 0 aliphatic carbocycles. The van der Waals surface area contributed by atoms with Gasteiger partial charge in [0.25, 0.3) is 21.8 Å². The third kappa shape index (κ3) is 4.67. The van der Waals surface area contributed by atoms with E-state index in [1.54, 1.807) is 6.07 Å². The summed E-state index contributed by atoms with van der Waals surface area (Å²) in [4.78, 5) is 14.2. The zero-order valence-corrected chi connectivity index (χ0v) is 17.6. The number of anilines is 1. The molecule has 10 nitrogen and oxygen atoms in total. The van der Waals surface area contributed by atoms with E-state index in [0.717, 1.165) is 14.2 Å². The summed E-state index contributed by atoms with van der Waals surface area (Å²) >= 11 is 3.18. The summed E-state index contributed by atoms with van der Waals surface area (Å²) in [6, 6.07) is 3.10. The van der Waals surface area contributed by atoms with Gasteiger partial charge in [-0.1, -0.05) is 0 Å². The second-order valence-electron chi connectivity index (χ2n) is 5.59. The lowest BCUT2D eigenvalue weighted by Gasteiger charge is -2.15. The first-order valence-corrected chi connectivity index (χ1v) is 10.2. The van der Waals surface area contributed by atoms with E-state index >= 15 is 0 Å². The number of nitrogens with zero attached hydrogens (tertiary/aromatic N) is 3. The van der Waals surface area contributed by atoms with Gasteiger partial charge < -0.3 is 19.2 Å². The highest BCUT2D eigenvalue weighted by molar-refractivity contribution is 9.10. The molecule has 0 atom stereocenters. The molecule has 3 aromatic heterocycles. The lowest BCUT2D eigenvalue weighted by molar-refractivity contribution is -0.153. The highest BCUT2D eigenvalue weighted by Gasteiger charge is 2.31. The Kier molecular flexibility index (Phi) is 5.94. The van der Waals surface area contributed by atoms with Crippen molar-refractivity contribution in [3.63, 3.8) is 0 Å². The van der Waals surface area contributed by atoms with Crippen LogP contribution < -0.4 is 18.9 Å². The van der Waals surface area contributed by atoms with Crippen molar-refractivity contribution in [2.24, 2.45) is 0 Å². The number of ether oxygens (including phenoxy) is 3. The fraction of sp³-hybridized carbons (Fsp3) is 0.267. The number of H-pyrrole nitrogens is 1. The number of aromatic amines is 1. The average Bonchev–Trinajstić information content (AvgIpc) is 3.09. The molecule has 30 heavy (non-hydrogen) atoms. The smallest absolute Gasteiger partial charge is 0.422 e. The number of halogens is 4. The lowest BCUT2D eigenvalue weighted by atomic mass is 10.3. The van der Waals surface area contributed by atoms with Gasteiger partial charge in [0.1, 0.15) is 15.1 Å². The lowest BCUT2D eigenvalue weighted by Crippen LogP contribution is -2.21. The standard InChI is InChI=1S/C15H13BrF3N5O5S/c1-27-12-10(29-6-15(17,18)19)13(28-2)23-14(22-12)24-30(25,26)8-5-20-11-7(8)3-4-9(16)21-11/h3-5H,6H2,1-2H3,(H,20,21)(H,22,23,24). The molecule has 2 N–H and O–H groups in total. The van der Waals surface area contributed by atoms with Gasteiger partial charge in [0.2, 0.25) is 11.7 Å². The zero-order chi connectivity index (χ0) is 22.1. The van der Waals surface area contributed by atoms with Gasteiger partial charge in [-0.2, -0.15) is 23.1 Å². The van der Waals surface area contributed by atoms with Crippen molar-refractivity contribution >= 4 is 42.9 Å². The highest BCUT2D eigenvalue weighted by Crippen LogP contribution is 2.36. The third-order valence-electron chi connectivity index (χ3n) is 3.55. The van der Waals surface area contributed by atoms with Crippen LogP contribution >= 0.6 is 15.9 Å². The van der Waals surface area contributed by atoms with Crippen LogP contribution in [0.3, 0.4) is 0 Å². The molecular formula is C15H13BrF3N5O5S. The molecule has 0 saturated carbocycles. The number of methoxy groups -OCH3 is 2. The summed E-state index contributed by atoms with van der Waals surface area (Å²) in [6.45, 7) is -1.65. The van der Waals surface area contributed by atoms with E-state index in [4.69, 9.17) is 9.47 Å². The maximum Gasteiger partial charge on any atom is 0.422 e. The molecule has 0 aliphatic heterocycles. The molecule has 0 amide bonds. The molecule has 0 spiro atoms. The molecule has 3 aromatic rings. The van der Waals surface area contributed by atoms with E-state index in [-0.39, 0.29) is 4.90 Å².